The SMILES string of the molecule is F/C(=C1/N=C(n2nnc3ccccc32)SC1(C(F)(F)F)C(F)(F)F)C(F)(F)F. The van der Waals surface area contributed by atoms with Gasteiger partial charge in [-0.2, -0.15) is 48.6 Å². The highest BCUT2D eigenvalue weighted by Gasteiger charge is 2.78. The smallest absolute Gasteiger partial charge is 0.222 e. The highest BCUT2D eigenvalue weighted by Crippen LogP contribution is 2.61. The first-order valence-electron chi connectivity index (χ1n) is 6.89. The molecule has 15 heteroatoms. The van der Waals surface area contributed by atoms with E-state index in [2.05, 4.69) is 15.3 Å². The van der Waals surface area contributed by atoms with Gasteiger partial charge in [-0.1, -0.05) is 29.1 Å². The maximum atomic E-state index is 13.7. The van der Waals surface area contributed by atoms with Gasteiger partial charge in [-0.3, -0.25) is 0 Å². The summed E-state index contributed by atoms with van der Waals surface area (Å²) in [6.07, 6.45) is -18.9. The number of aliphatic imine (C=N–C) groups is 1. The lowest BCUT2D eigenvalue weighted by atomic mass is 10.0. The maximum absolute atomic E-state index is 13.7. The fourth-order valence-electron chi connectivity index (χ4n) is 2.37. The summed E-state index contributed by atoms with van der Waals surface area (Å²) in [5.74, 6) is -3.60. The molecule has 0 aliphatic carbocycles. The van der Waals surface area contributed by atoms with Crippen LogP contribution in [0.5, 0.6) is 0 Å². The Morgan fingerprint density at radius 2 is 1.50 bits per heavy atom. The van der Waals surface area contributed by atoms with E-state index in [9.17, 15) is 43.9 Å². The topological polar surface area (TPSA) is 43.1 Å². The molecule has 0 bridgehead atoms. The normalized spacial score (nSPS) is 19.9. The summed E-state index contributed by atoms with van der Waals surface area (Å²) >= 11 is -1.14. The Balaban J connectivity index is 2.33. The molecule has 0 saturated heterocycles. The third kappa shape index (κ3) is 2.91. The number of fused-ring (bicyclic) bond motifs is 1. The molecule has 0 N–H and O–H groups in total. The number of benzene rings is 1. The van der Waals surface area contributed by atoms with Crippen molar-refractivity contribution in [1.29, 1.82) is 0 Å². The van der Waals surface area contributed by atoms with E-state index >= 15 is 0 Å². The molecule has 2 aromatic rings. The molecule has 0 unspecified atom stereocenters. The maximum Gasteiger partial charge on any atom is 0.444 e. The monoisotopic (exact) mass is 438 g/mol. The van der Waals surface area contributed by atoms with Gasteiger partial charge in [0.25, 0.3) is 4.75 Å². The second-order valence-electron chi connectivity index (χ2n) is 5.32. The van der Waals surface area contributed by atoms with E-state index in [1.165, 1.54) is 24.3 Å². The third-order valence-corrected chi connectivity index (χ3v) is 4.98. The van der Waals surface area contributed by atoms with E-state index in [0.717, 1.165) is 0 Å². The van der Waals surface area contributed by atoms with Gasteiger partial charge in [0.05, 0.1) is 5.52 Å². The molecule has 0 amide bonds. The van der Waals surface area contributed by atoms with Crippen molar-refractivity contribution in [1.82, 2.24) is 15.0 Å². The van der Waals surface area contributed by atoms with Crippen molar-refractivity contribution in [3.63, 3.8) is 0 Å². The predicted octanol–water partition coefficient (Wildman–Crippen LogP) is 4.99. The second-order valence-corrected chi connectivity index (χ2v) is 6.51. The largest absolute Gasteiger partial charge is 0.444 e. The minimum atomic E-state index is -6.37. The summed E-state index contributed by atoms with van der Waals surface area (Å²) in [4.78, 5) is 2.72. The third-order valence-electron chi connectivity index (χ3n) is 3.57. The van der Waals surface area contributed by atoms with Crippen molar-refractivity contribution in [3.8, 4) is 0 Å². The van der Waals surface area contributed by atoms with Gasteiger partial charge in [-0.25, -0.2) is 4.99 Å². The molecule has 4 nitrogen and oxygen atoms in total. The average molecular weight is 438 g/mol. The molecule has 152 valence electrons. The molecule has 0 saturated carbocycles. The first kappa shape index (κ1) is 20.4. The van der Waals surface area contributed by atoms with Gasteiger partial charge in [-0.05, 0) is 12.1 Å². The molecule has 0 atom stereocenters. The Bertz CT molecular complexity index is 968. The molecule has 0 spiro atoms. The number of hydrogen-bond donors (Lipinski definition) is 0. The lowest BCUT2D eigenvalue weighted by Crippen LogP contribution is -2.54. The number of para-hydroxylation sites is 1. The number of nitrogens with zero attached hydrogens (tertiary/aromatic N) is 4. The van der Waals surface area contributed by atoms with E-state index in [-0.39, 0.29) is 11.0 Å². The number of allylic oxidation sites excluding steroid dienone is 1. The molecule has 1 aliphatic rings. The molecule has 3 rings (SSSR count). The minimum Gasteiger partial charge on any atom is -0.222 e. The first-order valence-corrected chi connectivity index (χ1v) is 7.71. The standard InChI is InChI=1S/C13H4F10N4S/c14-7(11(15,16)17)8-10(12(18,19)20,13(21,22)23)28-9(24-8)27-6-4-2-1-3-5(6)25-26-27/h1-4H/b8-7+. The Kier molecular flexibility index (Phi) is 4.44. The molecule has 1 aromatic carbocycles. The van der Waals surface area contributed by atoms with Gasteiger partial charge in [0, 0.05) is 0 Å². The Hall–Kier alpha value is -2.32. The summed E-state index contributed by atoms with van der Waals surface area (Å²) in [5, 5.41) is 5.53. The Morgan fingerprint density at radius 1 is 0.929 bits per heavy atom. The Labute approximate surface area is 151 Å². The molecule has 0 radical (unpaired) electrons. The van der Waals surface area contributed by atoms with Crippen LogP contribution < -0.4 is 0 Å². The van der Waals surface area contributed by atoms with Crippen molar-refractivity contribution >= 4 is 28.0 Å². The summed E-state index contributed by atoms with van der Waals surface area (Å²) in [6.45, 7) is 0. The van der Waals surface area contributed by atoms with Crippen LogP contribution in [0.15, 0.2) is 40.8 Å². The zero-order chi connectivity index (χ0) is 21.1. The fourth-order valence-corrected chi connectivity index (χ4v) is 3.46. The fraction of sp³-hybridized carbons (Fsp3) is 0.308. The summed E-state index contributed by atoms with van der Waals surface area (Å²) in [7, 11) is 0. The van der Waals surface area contributed by atoms with Crippen LogP contribution in [0.2, 0.25) is 0 Å². The molecular formula is C13H4F10N4S. The number of aromatic nitrogens is 3. The molecule has 1 aromatic heterocycles. The number of rotatable bonds is 0. The van der Waals surface area contributed by atoms with Crippen LogP contribution in [0.3, 0.4) is 0 Å². The van der Waals surface area contributed by atoms with Crippen LogP contribution in [0.25, 0.3) is 11.0 Å². The van der Waals surface area contributed by atoms with Crippen molar-refractivity contribution in [2.45, 2.75) is 23.3 Å². The molecule has 2 heterocycles. The minimum absolute atomic E-state index is 0.0177. The van der Waals surface area contributed by atoms with Gasteiger partial charge < -0.3 is 0 Å². The van der Waals surface area contributed by atoms with Gasteiger partial charge in [0.15, 0.2) is 5.17 Å². The van der Waals surface area contributed by atoms with Crippen LogP contribution in [0.1, 0.15) is 0 Å². The van der Waals surface area contributed by atoms with Gasteiger partial charge in [0.2, 0.25) is 5.83 Å². The van der Waals surface area contributed by atoms with Gasteiger partial charge in [0.1, 0.15) is 11.2 Å². The van der Waals surface area contributed by atoms with Crippen molar-refractivity contribution < 1.29 is 43.9 Å². The lowest BCUT2D eigenvalue weighted by Gasteiger charge is -2.33. The van der Waals surface area contributed by atoms with Crippen molar-refractivity contribution in [2.75, 3.05) is 0 Å². The van der Waals surface area contributed by atoms with Gasteiger partial charge >= 0.3 is 18.5 Å². The highest BCUT2D eigenvalue weighted by molar-refractivity contribution is 8.15. The second kappa shape index (κ2) is 6.09. The molecule has 28 heavy (non-hydrogen) atoms. The molecule has 1 aliphatic heterocycles. The number of halogens is 10. The lowest BCUT2D eigenvalue weighted by molar-refractivity contribution is -0.253. The van der Waals surface area contributed by atoms with Crippen LogP contribution in [-0.4, -0.2) is 43.4 Å². The van der Waals surface area contributed by atoms with E-state index in [0.29, 0.717) is 4.68 Å². The van der Waals surface area contributed by atoms with Crippen LogP contribution in [0, 0.1) is 0 Å². The average Bonchev–Trinajstić information content (AvgIpc) is 3.14. The molecule has 0 fully saturated rings. The number of hydrogen-bond acceptors (Lipinski definition) is 4. The van der Waals surface area contributed by atoms with E-state index in [1.54, 1.807) is 0 Å². The highest BCUT2D eigenvalue weighted by atomic mass is 32.2. The van der Waals surface area contributed by atoms with Crippen molar-refractivity contribution in [3.05, 3.63) is 35.8 Å². The van der Waals surface area contributed by atoms with Gasteiger partial charge in [-0.15, -0.1) is 5.10 Å². The van der Waals surface area contributed by atoms with E-state index < -0.39 is 51.7 Å². The zero-order valence-electron chi connectivity index (χ0n) is 12.8. The molecular weight excluding hydrogens is 434 g/mol. The number of thioether (sulfide) groups is 1. The van der Waals surface area contributed by atoms with E-state index in [1.807, 2.05) is 0 Å². The van der Waals surface area contributed by atoms with Crippen LogP contribution in [0.4, 0.5) is 43.9 Å². The van der Waals surface area contributed by atoms with Crippen LogP contribution >= 0.6 is 11.8 Å². The zero-order valence-corrected chi connectivity index (χ0v) is 13.6. The summed E-state index contributed by atoms with van der Waals surface area (Å²) in [5.41, 5.74) is -2.97. The van der Waals surface area contributed by atoms with Crippen molar-refractivity contribution in [2.24, 2.45) is 4.99 Å². The first-order chi connectivity index (χ1) is 12.7. The predicted molar refractivity (Wildman–Crippen MR) is 77.0 cm³/mol. The number of alkyl halides is 9. The summed E-state index contributed by atoms with van der Waals surface area (Å²) in [6, 6.07) is 5.24. The quantitative estimate of drug-likeness (QED) is 0.545. The van der Waals surface area contributed by atoms with Crippen LogP contribution in [-0.2, 0) is 0 Å². The Morgan fingerprint density at radius 3 is 2.04 bits per heavy atom. The summed E-state index contributed by atoms with van der Waals surface area (Å²) < 4.78 is 127. The van der Waals surface area contributed by atoms with E-state index in [4.69, 9.17) is 0 Å².